The zero-order chi connectivity index (χ0) is 20.5. The number of aromatic amines is 1. The highest BCUT2D eigenvalue weighted by Gasteiger charge is 2.15. The second-order valence-electron chi connectivity index (χ2n) is 7.01. The molecular weight excluding hydrogens is 381 g/mol. The molecule has 2 N–H and O–H groups in total. The number of carbonyl (C=O) groups excluding carboxylic acids is 1. The van der Waals surface area contributed by atoms with Crippen LogP contribution < -0.4 is 5.32 Å². The molecule has 5 rings (SSSR count). The van der Waals surface area contributed by atoms with E-state index in [4.69, 9.17) is 0 Å². The molecule has 0 bridgehead atoms. The first-order valence-corrected chi connectivity index (χ1v) is 9.63. The highest BCUT2D eigenvalue weighted by atomic mass is 19.1. The third kappa shape index (κ3) is 3.30. The second kappa shape index (κ2) is 7.44. The molecule has 0 aliphatic carbocycles. The van der Waals surface area contributed by atoms with Gasteiger partial charge in [-0.15, -0.1) is 0 Å². The molecule has 3 heterocycles. The minimum atomic E-state index is -0.280. The van der Waals surface area contributed by atoms with E-state index < -0.39 is 0 Å². The molecule has 6 nitrogen and oxygen atoms in total. The summed E-state index contributed by atoms with van der Waals surface area (Å²) in [7, 11) is 0. The number of carbonyl (C=O) groups is 1. The molecule has 3 aromatic heterocycles. The minimum Gasteiger partial charge on any atom is -0.354 e. The van der Waals surface area contributed by atoms with E-state index in [0.29, 0.717) is 24.3 Å². The first-order chi connectivity index (χ1) is 14.7. The van der Waals surface area contributed by atoms with E-state index in [1.165, 1.54) is 12.1 Å². The monoisotopic (exact) mass is 399 g/mol. The van der Waals surface area contributed by atoms with E-state index in [2.05, 4.69) is 20.4 Å². The van der Waals surface area contributed by atoms with Gasteiger partial charge in [0, 0.05) is 35.3 Å². The van der Waals surface area contributed by atoms with Gasteiger partial charge in [-0.25, -0.2) is 9.37 Å². The van der Waals surface area contributed by atoms with Crippen LogP contribution in [-0.4, -0.2) is 25.5 Å². The average molecular weight is 399 g/mol. The number of para-hydroxylation sites is 1. The van der Waals surface area contributed by atoms with Gasteiger partial charge >= 0.3 is 0 Å². The Balaban J connectivity index is 1.42. The van der Waals surface area contributed by atoms with E-state index >= 15 is 0 Å². The maximum atomic E-state index is 13.4. The summed E-state index contributed by atoms with van der Waals surface area (Å²) in [4.78, 5) is 20.3. The van der Waals surface area contributed by atoms with Crippen molar-refractivity contribution >= 4 is 28.3 Å². The van der Waals surface area contributed by atoms with Crippen molar-refractivity contribution in [2.24, 2.45) is 0 Å². The van der Waals surface area contributed by atoms with Crippen molar-refractivity contribution in [3.63, 3.8) is 0 Å². The summed E-state index contributed by atoms with van der Waals surface area (Å²) in [5.74, 6) is 0.180. The van der Waals surface area contributed by atoms with Crippen LogP contribution in [-0.2, 0) is 11.2 Å². The molecule has 1 amide bonds. The number of amides is 1. The molecule has 148 valence electrons. The number of aryl methyl sites for hydroxylation is 1. The number of anilines is 1. The normalized spacial score (nSPS) is 11.2. The molecule has 7 heteroatoms. The van der Waals surface area contributed by atoms with Crippen LogP contribution >= 0.6 is 0 Å². The molecule has 0 fully saturated rings. The number of aromatic nitrogens is 4. The maximum Gasteiger partial charge on any atom is 0.225 e. The fourth-order valence-corrected chi connectivity index (χ4v) is 3.70. The minimum absolute atomic E-state index is 0.117. The average Bonchev–Trinajstić information content (AvgIpc) is 3.38. The number of benzene rings is 2. The molecule has 30 heavy (non-hydrogen) atoms. The lowest BCUT2D eigenvalue weighted by Crippen LogP contribution is -2.15. The Hall–Kier alpha value is -4.00. The van der Waals surface area contributed by atoms with Crippen molar-refractivity contribution in [2.45, 2.75) is 12.8 Å². The third-order valence-corrected chi connectivity index (χ3v) is 5.11. The molecule has 2 aromatic carbocycles. The van der Waals surface area contributed by atoms with Gasteiger partial charge in [-0.05, 0) is 53.9 Å². The fourth-order valence-electron chi connectivity index (χ4n) is 3.70. The third-order valence-electron chi connectivity index (χ3n) is 5.11. The summed E-state index contributed by atoms with van der Waals surface area (Å²) >= 11 is 0. The Morgan fingerprint density at radius 1 is 1.03 bits per heavy atom. The highest BCUT2D eigenvalue weighted by Crippen LogP contribution is 2.31. The molecule has 0 saturated carbocycles. The van der Waals surface area contributed by atoms with Gasteiger partial charge in [0.25, 0.3) is 0 Å². The van der Waals surface area contributed by atoms with Gasteiger partial charge in [0.1, 0.15) is 11.6 Å². The molecule has 0 radical (unpaired) electrons. The number of nitrogens with one attached hydrogen (secondary N) is 2. The van der Waals surface area contributed by atoms with Crippen LogP contribution in [0.15, 0.2) is 73.1 Å². The highest BCUT2D eigenvalue weighted by molar-refractivity contribution is 5.93. The van der Waals surface area contributed by atoms with Gasteiger partial charge in [0.2, 0.25) is 5.91 Å². The van der Waals surface area contributed by atoms with Crippen LogP contribution in [0.1, 0.15) is 12.0 Å². The zero-order valence-corrected chi connectivity index (χ0v) is 16.0. The predicted octanol–water partition coefficient (Wildman–Crippen LogP) is 4.59. The van der Waals surface area contributed by atoms with Crippen molar-refractivity contribution < 1.29 is 9.18 Å². The molecule has 0 aliphatic rings. The first kappa shape index (κ1) is 18.1. The lowest BCUT2D eigenvalue weighted by molar-refractivity contribution is -0.116. The smallest absolute Gasteiger partial charge is 0.225 e. The Morgan fingerprint density at radius 3 is 2.73 bits per heavy atom. The molecule has 0 spiro atoms. The summed E-state index contributed by atoms with van der Waals surface area (Å²) in [6.45, 7) is 0. The van der Waals surface area contributed by atoms with Crippen LogP contribution in [0, 0.1) is 5.82 Å². The molecule has 0 unspecified atom stereocenters. The summed E-state index contributed by atoms with van der Waals surface area (Å²) in [6, 6.07) is 17.8. The number of fused-ring (bicyclic) bond motifs is 2. The number of hydrogen-bond donors (Lipinski definition) is 2. The molecule has 0 saturated heterocycles. The van der Waals surface area contributed by atoms with Crippen molar-refractivity contribution in [3.8, 4) is 11.3 Å². The molecule has 0 aliphatic heterocycles. The molecule has 0 atom stereocenters. The SMILES string of the molecule is O=C(CCc1c(-c2ccc(F)cc2)[nH]c2ccccc12)Nc1ccnc2ccnn12. The van der Waals surface area contributed by atoms with Gasteiger partial charge in [-0.2, -0.15) is 9.61 Å². The lowest BCUT2D eigenvalue weighted by atomic mass is 10.0. The van der Waals surface area contributed by atoms with E-state index in [-0.39, 0.29) is 11.7 Å². The van der Waals surface area contributed by atoms with Crippen LogP contribution in [0.3, 0.4) is 0 Å². The predicted molar refractivity (Wildman–Crippen MR) is 114 cm³/mol. The van der Waals surface area contributed by atoms with Crippen molar-refractivity contribution in [1.82, 2.24) is 19.6 Å². The quantitative estimate of drug-likeness (QED) is 0.454. The molecular formula is C23H18FN5O. The standard InChI is InChI=1S/C23H18FN5O/c24-16-7-5-15(6-8-16)23-18(17-3-1-2-4-19(17)27-23)9-10-22(30)28-21-11-13-25-20-12-14-26-29(20)21/h1-8,11-14,27H,9-10H2,(H,28,30). The van der Waals surface area contributed by atoms with Crippen molar-refractivity contribution in [2.75, 3.05) is 5.32 Å². The summed E-state index contributed by atoms with van der Waals surface area (Å²) in [5.41, 5.74) is 4.48. The Morgan fingerprint density at radius 2 is 1.87 bits per heavy atom. The Bertz CT molecular complexity index is 1350. The number of rotatable bonds is 5. The van der Waals surface area contributed by atoms with Crippen LogP contribution in [0.5, 0.6) is 0 Å². The summed E-state index contributed by atoms with van der Waals surface area (Å²) in [6.07, 6.45) is 4.11. The van der Waals surface area contributed by atoms with Crippen molar-refractivity contribution in [1.29, 1.82) is 0 Å². The fraction of sp³-hybridized carbons (Fsp3) is 0.0870. The number of H-pyrrole nitrogens is 1. The van der Waals surface area contributed by atoms with Crippen LogP contribution in [0.4, 0.5) is 10.2 Å². The maximum absolute atomic E-state index is 13.4. The van der Waals surface area contributed by atoms with Gasteiger partial charge in [-0.1, -0.05) is 18.2 Å². The van der Waals surface area contributed by atoms with Crippen molar-refractivity contribution in [3.05, 3.63) is 84.4 Å². The van der Waals surface area contributed by atoms with Gasteiger partial charge in [0.15, 0.2) is 5.65 Å². The number of halogens is 1. The Kier molecular flexibility index (Phi) is 4.48. The Labute approximate surface area is 171 Å². The summed E-state index contributed by atoms with van der Waals surface area (Å²) < 4.78 is 15.0. The zero-order valence-electron chi connectivity index (χ0n) is 16.0. The van der Waals surface area contributed by atoms with Crippen LogP contribution in [0.2, 0.25) is 0 Å². The largest absolute Gasteiger partial charge is 0.354 e. The van der Waals surface area contributed by atoms with Gasteiger partial charge < -0.3 is 10.3 Å². The van der Waals surface area contributed by atoms with Gasteiger partial charge in [-0.3, -0.25) is 4.79 Å². The topological polar surface area (TPSA) is 75.1 Å². The van der Waals surface area contributed by atoms with E-state index in [1.54, 1.807) is 41.2 Å². The first-order valence-electron chi connectivity index (χ1n) is 9.63. The van der Waals surface area contributed by atoms with E-state index in [1.807, 2.05) is 24.3 Å². The number of hydrogen-bond acceptors (Lipinski definition) is 3. The van der Waals surface area contributed by atoms with E-state index in [9.17, 15) is 9.18 Å². The molecule has 5 aromatic rings. The van der Waals surface area contributed by atoms with Gasteiger partial charge in [0.05, 0.1) is 6.20 Å². The number of nitrogens with zero attached hydrogens (tertiary/aromatic N) is 3. The second-order valence-corrected chi connectivity index (χ2v) is 7.01. The lowest BCUT2D eigenvalue weighted by Gasteiger charge is -2.08. The van der Waals surface area contributed by atoms with Crippen LogP contribution in [0.25, 0.3) is 27.8 Å². The summed E-state index contributed by atoms with van der Waals surface area (Å²) in [5, 5.41) is 8.16. The van der Waals surface area contributed by atoms with E-state index in [0.717, 1.165) is 27.7 Å².